The fraction of sp³-hybridized carbons (Fsp3) is 0.348. The molecule has 1 saturated heterocycles. The molecule has 0 bridgehead atoms. The molecule has 2 aliphatic heterocycles. The van der Waals surface area contributed by atoms with Gasteiger partial charge in [0.25, 0.3) is 0 Å². The van der Waals surface area contributed by atoms with Crippen LogP contribution in [0.2, 0.25) is 0 Å². The van der Waals surface area contributed by atoms with Crippen LogP contribution in [0.1, 0.15) is 17.7 Å². The standard InChI is InChI=1S/C23H23FN4O2S/c1-27-12-19-21-17(18-9-16(24)3-4-20(18)27)5-6-25-23(21)26-22(19)13-7-14-10-28(31(2,29)30)11-15(14)8-13/h3-7,9,14-15H,8,10-12H2,1-2H3,(H,25,26). The summed E-state index contributed by atoms with van der Waals surface area (Å²) in [6.45, 7) is 1.82. The van der Waals surface area contributed by atoms with Crippen LogP contribution in [-0.2, 0) is 16.6 Å². The van der Waals surface area contributed by atoms with Crippen molar-refractivity contribution in [2.24, 2.45) is 11.8 Å². The lowest BCUT2D eigenvalue weighted by Gasteiger charge is -2.21. The number of pyridine rings is 1. The molecule has 0 spiro atoms. The number of aromatic nitrogens is 2. The first-order valence-electron chi connectivity index (χ1n) is 10.5. The number of allylic oxidation sites excluding steroid dienone is 1. The van der Waals surface area contributed by atoms with Gasteiger partial charge in [-0.1, -0.05) is 6.08 Å². The number of H-pyrrole nitrogens is 1. The van der Waals surface area contributed by atoms with Crippen LogP contribution in [0.4, 0.5) is 10.1 Å². The summed E-state index contributed by atoms with van der Waals surface area (Å²) in [7, 11) is -1.13. The molecule has 1 N–H and O–H groups in total. The number of anilines is 1. The maximum Gasteiger partial charge on any atom is 0.211 e. The van der Waals surface area contributed by atoms with Gasteiger partial charge in [0.05, 0.1) is 6.26 Å². The second-order valence-electron chi connectivity index (χ2n) is 8.98. The first kappa shape index (κ1) is 19.0. The molecule has 0 radical (unpaired) electrons. The van der Waals surface area contributed by atoms with E-state index in [1.807, 2.05) is 19.2 Å². The van der Waals surface area contributed by atoms with Gasteiger partial charge in [0, 0.05) is 60.8 Å². The second kappa shape index (κ2) is 6.40. The van der Waals surface area contributed by atoms with Crippen molar-refractivity contribution < 1.29 is 12.8 Å². The number of nitrogens with one attached hydrogen (secondary N) is 1. The van der Waals surface area contributed by atoms with Crippen LogP contribution in [0.25, 0.3) is 27.7 Å². The van der Waals surface area contributed by atoms with Gasteiger partial charge in [0.15, 0.2) is 0 Å². The zero-order valence-corrected chi connectivity index (χ0v) is 18.2. The average molecular weight is 439 g/mol. The van der Waals surface area contributed by atoms with Gasteiger partial charge in [-0.2, -0.15) is 0 Å². The van der Waals surface area contributed by atoms with Gasteiger partial charge in [-0.25, -0.2) is 22.1 Å². The number of aromatic amines is 1. The lowest BCUT2D eigenvalue weighted by atomic mass is 9.97. The molecule has 2 unspecified atom stereocenters. The van der Waals surface area contributed by atoms with E-state index in [1.165, 1.54) is 23.5 Å². The molecular weight excluding hydrogens is 415 g/mol. The highest BCUT2D eigenvalue weighted by molar-refractivity contribution is 7.88. The maximum absolute atomic E-state index is 14.1. The number of sulfonamides is 1. The van der Waals surface area contributed by atoms with Crippen molar-refractivity contribution in [3.63, 3.8) is 0 Å². The highest BCUT2D eigenvalue weighted by Crippen LogP contribution is 2.46. The number of hydrogen-bond acceptors (Lipinski definition) is 4. The number of rotatable bonds is 2. The highest BCUT2D eigenvalue weighted by atomic mass is 32.2. The number of halogens is 1. The van der Waals surface area contributed by atoms with E-state index in [-0.39, 0.29) is 11.7 Å². The molecule has 3 aromatic rings. The lowest BCUT2D eigenvalue weighted by molar-refractivity contribution is 0.464. The van der Waals surface area contributed by atoms with Crippen molar-refractivity contribution in [3.05, 3.63) is 53.6 Å². The summed E-state index contributed by atoms with van der Waals surface area (Å²) in [5.41, 5.74) is 7.15. The Morgan fingerprint density at radius 3 is 2.81 bits per heavy atom. The van der Waals surface area contributed by atoms with Crippen LogP contribution < -0.4 is 4.90 Å². The fourth-order valence-corrected chi connectivity index (χ4v) is 6.45. The smallest absolute Gasteiger partial charge is 0.211 e. The zero-order valence-electron chi connectivity index (χ0n) is 17.4. The Morgan fingerprint density at radius 1 is 1.19 bits per heavy atom. The summed E-state index contributed by atoms with van der Waals surface area (Å²) in [6.07, 6.45) is 6.14. The molecule has 0 amide bonds. The lowest BCUT2D eigenvalue weighted by Crippen LogP contribution is -2.28. The van der Waals surface area contributed by atoms with Crippen molar-refractivity contribution in [3.8, 4) is 11.1 Å². The number of fused-ring (bicyclic) bond motifs is 3. The number of benzene rings is 1. The molecule has 6 nitrogen and oxygen atoms in total. The van der Waals surface area contributed by atoms with E-state index in [0.29, 0.717) is 25.6 Å². The molecule has 1 aliphatic carbocycles. The predicted octanol–water partition coefficient (Wildman–Crippen LogP) is 3.61. The van der Waals surface area contributed by atoms with Crippen LogP contribution in [0.15, 0.2) is 36.5 Å². The van der Waals surface area contributed by atoms with Gasteiger partial charge < -0.3 is 9.88 Å². The largest absolute Gasteiger partial charge is 0.370 e. The minimum absolute atomic E-state index is 0.241. The molecule has 8 heteroatoms. The first-order chi connectivity index (χ1) is 14.8. The Hall–Kier alpha value is -2.71. The van der Waals surface area contributed by atoms with Gasteiger partial charge in [-0.3, -0.25) is 0 Å². The molecule has 6 rings (SSSR count). The Morgan fingerprint density at radius 2 is 2.03 bits per heavy atom. The van der Waals surface area contributed by atoms with E-state index in [4.69, 9.17) is 0 Å². The summed E-state index contributed by atoms with van der Waals surface area (Å²) < 4.78 is 39.6. The second-order valence-corrected chi connectivity index (χ2v) is 11.0. The Balaban J connectivity index is 1.48. The monoisotopic (exact) mass is 438 g/mol. The predicted molar refractivity (Wildman–Crippen MR) is 120 cm³/mol. The van der Waals surface area contributed by atoms with Gasteiger partial charge in [0.2, 0.25) is 10.0 Å². The molecule has 1 fully saturated rings. The summed E-state index contributed by atoms with van der Waals surface area (Å²) >= 11 is 0. The summed E-state index contributed by atoms with van der Waals surface area (Å²) in [5.74, 6) is 0.300. The third-order valence-corrected chi connectivity index (χ3v) is 8.24. The van der Waals surface area contributed by atoms with Crippen LogP contribution in [0.5, 0.6) is 0 Å². The third-order valence-electron chi connectivity index (χ3n) is 7.00. The molecule has 2 atom stereocenters. The maximum atomic E-state index is 14.1. The van der Waals surface area contributed by atoms with E-state index < -0.39 is 10.0 Å². The molecule has 4 heterocycles. The molecule has 160 valence electrons. The van der Waals surface area contributed by atoms with Gasteiger partial charge in [0.1, 0.15) is 11.5 Å². The van der Waals surface area contributed by atoms with Crippen molar-refractivity contribution in [2.45, 2.75) is 13.0 Å². The average Bonchev–Trinajstić information content (AvgIpc) is 3.36. The van der Waals surface area contributed by atoms with E-state index in [1.54, 1.807) is 16.6 Å². The molecular formula is C23H23FN4O2S. The van der Waals surface area contributed by atoms with Crippen molar-refractivity contribution in [1.82, 2.24) is 14.3 Å². The van der Waals surface area contributed by atoms with Crippen molar-refractivity contribution >= 4 is 32.3 Å². The van der Waals surface area contributed by atoms with Crippen LogP contribution in [0.3, 0.4) is 0 Å². The van der Waals surface area contributed by atoms with Gasteiger partial charge in [-0.15, -0.1) is 0 Å². The Bertz CT molecular complexity index is 1380. The minimum Gasteiger partial charge on any atom is -0.370 e. The van der Waals surface area contributed by atoms with Crippen LogP contribution in [0, 0.1) is 17.7 Å². The van der Waals surface area contributed by atoms with Crippen LogP contribution >= 0.6 is 0 Å². The van der Waals surface area contributed by atoms with Crippen LogP contribution in [-0.4, -0.2) is 49.1 Å². The normalized spacial score (nSPS) is 23.1. The first-order valence-corrected chi connectivity index (χ1v) is 12.3. The third kappa shape index (κ3) is 2.85. The molecule has 1 aromatic carbocycles. The molecule has 0 saturated carbocycles. The summed E-state index contributed by atoms with van der Waals surface area (Å²) in [5, 5.41) is 1.05. The molecule has 31 heavy (non-hydrogen) atoms. The number of hydrogen-bond donors (Lipinski definition) is 1. The quantitative estimate of drug-likeness (QED) is 0.664. The topological polar surface area (TPSA) is 69.3 Å². The van der Waals surface area contributed by atoms with E-state index in [9.17, 15) is 12.8 Å². The summed E-state index contributed by atoms with van der Waals surface area (Å²) in [6, 6.07) is 6.90. The molecule has 3 aliphatic rings. The van der Waals surface area contributed by atoms with E-state index in [0.717, 1.165) is 40.0 Å². The Labute approximate surface area is 180 Å². The summed E-state index contributed by atoms with van der Waals surface area (Å²) in [4.78, 5) is 10.3. The number of nitrogens with zero attached hydrogens (tertiary/aromatic N) is 3. The highest BCUT2D eigenvalue weighted by Gasteiger charge is 2.40. The van der Waals surface area contributed by atoms with Gasteiger partial charge in [-0.05, 0) is 53.7 Å². The fourth-order valence-electron chi connectivity index (χ4n) is 5.54. The SMILES string of the molecule is CN1Cc2c(C3=CC4CN(S(C)(=O)=O)CC4C3)[nH]c3nccc(c23)-c2cc(F)ccc21. The minimum atomic E-state index is -3.15. The van der Waals surface area contributed by atoms with Crippen molar-refractivity contribution in [2.75, 3.05) is 31.3 Å². The van der Waals surface area contributed by atoms with E-state index in [2.05, 4.69) is 20.9 Å². The van der Waals surface area contributed by atoms with Gasteiger partial charge >= 0.3 is 0 Å². The van der Waals surface area contributed by atoms with E-state index >= 15 is 0 Å². The Kier molecular flexibility index (Phi) is 3.92. The van der Waals surface area contributed by atoms with Crippen molar-refractivity contribution in [1.29, 1.82) is 0 Å². The molecule has 2 aromatic heterocycles. The zero-order chi connectivity index (χ0) is 21.5.